The first-order chi connectivity index (χ1) is 9.30. The summed E-state index contributed by atoms with van der Waals surface area (Å²) in [4.78, 5) is 11.5. The Morgan fingerprint density at radius 1 is 1.10 bits per heavy atom. The number of hydrogen-bond donors (Lipinski definition) is 2. The van der Waals surface area contributed by atoms with Gasteiger partial charge in [-0.25, -0.2) is 0 Å². The highest BCUT2D eigenvalue weighted by Crippen LogP contribution is 2.67. The van der Waals surface area contributed by atoms with Crippen molar-refractivity contribution in [2.75, 3.05) is 13.6 Å². The van der Waals surface area contributed by atoms with Crippen LogP contribution in [-0.4, -0.2) is 19.5 Å². The van der Waals surface area contributed by atoms with Gasteiger partial charge >= 0.3 is 0 Å². The molecule has 0 aliphatic heterocycles. The molecule has 1 aliphatic rings. The van der Waals surface area contributed by atoms with Gasteiger partial charge in [-0.3, -0.25) is 4.79 Å². The first kappa shape index (κ1) is 15.0. The van der Waals surface area contributed by atoms with E-state index >= 15 is 0 Å². The van der Waals surface area contributed by atoms with Crippen molar-refractivity contribution in [1.82, 2.24) is 10.6 Å². The molecule has 1 amide bonds. The van der Waals surface area contributed by atoms with E-state index in [0.717, 1.165) is 19.0 Å². The lowest BCUT2D eigenvalue weighted by molar-refractivity contribution is 0.0963. The fourth-order valence-corrected chi connectivity index (χ4v) is 3.12. The van der Waals surface area contributed by atoms with Crippen molar-refractivity contribution in [1.29, 1.82) is 0 Å². The maximum atomic E-state index is 11.5. The fourth-order valence-electron chi connectivity index (χ4n) is 3.12. The number of carbonyl (C=O) groups excluding carboxylic acids is 1. The van der Waals surface area contributed by atoms with E-state index in [1.54, 1.807) is 7.05 Å². The summed E-state index contributed by atoms with van der Waals surface area (Å²) in [5.41, 5.74) is 2.79. The van der Waals surface area contributed by atoms with Gasteiger partial charge in [0.25, 0.3) is 5.91 Å². The van der Waals surface area contributed by atoms with Crippen LogP contribution < -0.4 is 10.6 Å². The summed E-state index contributed by atoms with van der Waals surface area (Å²) < 4.78 is 0. The minimum absolute atomic E-state index is 0.0361. The lowest BCUT2D eigenvalue weighted by Gasteiger charge is -2.07. The summed E-state index contributed by atoms with van der Waals surface area (Å²) in [5, 5.41) is 6.17. The maximum Gasteiger partial charge on any atom is 0.251 e. The molecular weight excluding hydrogens is 248 g/mol. The van der Waals surface area contributed by atoms with Crippen LogP contribution in [0.1, 0.15) is 43.6 Å². The molecule has 110 valence electrons. The second-order valence-electron chi connectivity index (χ2n) is 6.90. The number of rotatable bonds is 5. The summed E-state index contributed by atoms with van der Waals surface area (Å²) >= 11 is 0. The van der Waals surface area contributed by atoms with Crippen LogP contribution in [0.15, 0.2) is 24.3 Å². The predicted molar refractivity (Wildman–Crippen MR) is 82.6 cm³/mol. The molecule has 1 fully saturated rings. The summed E-state index contributed by atoms with van der Waals surface area (Å²) in [7, 11) is 1.65. The van der Waals surface area contributed by atoms with E-state index in [4.69, 9.17) is 0 Å². The number of amides is 1. The lowest BCUT2D eigenvalue weighted by atomic mass is 10.0. The lowest BCUT2D eigenvalue weighted by Crippen LogP contribution is -2.19. The predicted octanol–water partition coefficient (Wildman–Crippen LogP) is 2.82. The Hall–Kier alpha value is -1.35. The molecule has 1 aromatic rings. The van der Waals surface area contributed by atoms with E-state index in [1.807, 2.05) is 24.3 Å². The summed E-state index contributed by atoms with van der Waals surface area (Å²) in [6.07, 6.45) is 0. The molecule has 1 saturated carbocycles. The third kappa shape index (κ3) is 2.59. The van der Waals surface area contributed by atoms with Crippen LogP contribution in [0.3, 0.4) is 0 Å². The van der Waals surface area contributed by atoms with Gasteiger partial charge < -0.3 is 10.6 Å². The molecule has 1 aromatic carbocycles. The first-order valence-electron chi connectivity index (χ1n) is 7.32. The van der Waals surface area contributed by atoms with Crippen LogP contribution in [-0.2, 0) is 6.54 Å². The second-order valence-corrected chi connectivity index (χ2v) is 6.90. The van der Waals surface area contributed by atoms with E-state index in [-0.39, 0.29) is 5.91 Å². The van der Waals surface area contributed by atoms with Gasteiger partial charge in [-0.2, -0.15) is 0 Å². The highest BCUT2D eigenvalue weighted by molar-refractivity contribution is 5.93. The topological polar surface area (TPSA) is 41.1 Å². The van der Waals surface area contributed by atoms with Crippen molar-refractivity contribution in [3.05, 3.63) is 35.4 Å². The van der Waals surface area contributed by atoms with Gasteiger partial charge in [0.2, 0.25) is 0 Å². The molecular formula is C17H26N2O. The van der Waals surface area contributed by atoms with E-state index in [0.29, 0.717) is 16.4 Å². The van der Waals surface area contributed by atoms with E-state index in [2.05, 4.69) is 38.3 Å². The zero-order chi connectivity index (χ0) is 15.0. The Kier molecular flexibility index (Phi) is 3.92. The molecule has 0 unspecified atom stereocenters. The van der Waals surface area contributed by atoms with Crippen LogP contribution in [0.25, 0.3) is 0 Å². The molecule has 1 aliphatic carbocycles. The monoisotopic (exact) mass is 274 g/mol. The van der Waals surface area contributed by atoms with Crippen LogP contribution in [0.4, 0.5) is 0 Å². The van der Waals surface area contributed by atoms with Crippen LogP contribution in [0.5, 0.6) is 0 Å². The van der Waals surface area contributed by atoms with E-state index < -0.39 is 0 Å². The summed E-state index contributed by atoms with van der Waals surface area (Å²) in [6, 6.07) is 7.78. The average Bonchev–Trinajstić information content (AvgIpc) is 2.81. The molecule has 20 heavy (non-hydrogen) atoms. The van der Waals surface area contributed by atoms with Gasteiger partial charge in [-0.05, 0) is 41.0 Å². The smallest absolute Gasteiger partial charge is 0.251 e. The Morgan fingerprint density at radius 3 is 2.10 bits per heavy atom. The molecule has 0 heterocycles. The van der Waals surface area contributed by atoms with E-state index in [1.165, 1.54) is 5.56 Å². The quantitative estimate of drug-likeness (QED) is 0.867. The van der Waals surface area contributed by atoms with Crippen molar-refractivity contribution in [3.63, 3.8) is 0 Å². The fraction of sp³-hybridized carbons (Fsp3) is 0.588. The van der Waals surface area contributed by atoms with Gasteiger partial charge in [0, 0.05) is 19.2 Å². The molecule has 0 bridgehead atoms. The molecule has 2 rings (SSSR count). The van der Waals surface area contributed by atoms with Gasteiger partial charge in [-0.15, -0.1) is 0 Å². The maximum absolute atomic E-state index is 11.5. The zero-order valence-electron chi connectivity index (χ0n) is 13.2. The molecule has 0 radical (unpaired) electrons. The third-order valence-corrected chi connectivity index (χ3v) is 5.44. The van der Waals surface area contributed by atoms with Crippen LogP contribution in [0, 0.1) is 16.7 Å². The van der Waals surface area contributed by atoms with Gasteiger partial charge in [0.1, 0.15) is 0 Å². The SMILES string of the molecule is CNC(=O)c1ccc(CNCC2C(C)(C)C2(C)C)cc1. The third-order valence-electron chi connectivity index (χ3n) is 5.44. The van der Waals surface area contributed by atoms with Gasteiger partial charge in [-0.1, -0.05) is 39.8 Å². The molecule has 0 aromatic heterocycles. The van der Waals surface area contributed by atoms with E-state index in [9.17, 15) is 4.79 Å². The molecule has 0 spiro atoms. The Morgan fingerprint density at radius 2 is 1.65 bits per heavy atom. The zero-order valence-corrected chi connectivity index (χ0v) is 13.2. The average molecular weight is 274 g/mol. The Bertz CT molecular complexity index is 474. The standard InChI is InChI=1S/C17H26N2O/c1-16(2)14(17(16,3)4)11-19-10-12-6-8-13(9-7-12)15(20)18-5/h6-9,14,19H,10-11H2,1-5H3,(H,18,20). The molecule has 3 heteroatoms. The Labute approximate surface area is 122 Å². The van der Waals surface area contributed by atoms with Crippen LogP contribution in [0.2, 0.25) is 0 Å². The molecule has 2 N–H and O–H groups in total. The van der Waals surface area contributed by atoms with Crippen molar-refractivity contribution in [3.8, 4) is 0 Å². The second kappa shape index (κ2) is 5.21. The van der Waals surface area contributed by atoms with Crippen molar-refractivity contribution >= 4 is 5.91 Å². The minimum Gasteiger partial charge on any atom is -0.355 e. The number of hydrogen-bond acceptors (Lipinski definition) is 2. The largest absolute Gasteiger partial charge is 0.355 e. The molecule has 0 saturated heterocycles. The first-order valence-corrected chi connectivity index (χ1v) is 7.32. The normalized spacial score (nSPS) is 19.6. The highest BCUT2D eigenvalue weighted by atomic mass is 16.1. The summed E-state index contributed by atoms with van der Waals surface area (Å²) in [6.45, 7) is 11.3. The number of nitrogens with one attached hydrogen (secondary N) is 2. The van der Waals surface area contributed by atoms with Crippen LogP contribution >= 0.6 is 0 Å². The number of carbonyl (C=O) groups is 1. The Balaban J connectivity index is 1.82. The minimum atomic E-state index is -0.0361. The summed E-state index contributed by atoms with van der Waals surface area (Å²) in [5.74, 6) is 0.700. The van der Waals surface area contributed by atoms with Crippen molar-refractivity contribution < 1.29 is 4.79 Å². The number of benzene rings is 1. The van der Waals surface area contributed by atoms with Crippen molar-refractivity contribution in [2.45, 2.75) is 34.2 Å². The van der Waals surface area contributed by atoms with Crippen molar-refractivity contribution in [2.24, 2.45) is 16.7 Å². The highest BCUT2D eigenvalue weighted by Gasteiger charge is 2.63. The molecule has 0 atom stereocenters. The molecule has 3 nitrogen and oxygen atoms in total. The van der Waals surface area contributed by atoms with Gasteiger partial charge in [0.05, 0.1) is 0 Å². The van der Waals surface area contributed by atoms with Gasteiger partial charge in [0.15, 0.2) is 0 Å².